The van der Waals surface area contributed by atoms with Crippen LogP contribution in [0.1, 0.15) is 10.4 Å². The molecule has 1 aromatic carbocycles. The third kappa shape index (κ3) is 3.51. The molecule has 0 atom stereocenters. The Balaban J connectivity index is 2.41. The second-order valence-electron chi connectivity index (χ2n) is 6.19. The molecule has 1 heterocycles. The summed E-state index contributed by atoms with van der Waals surface area (Å²) in [5.41, 5.74) is 0.525. The van der Waals surface area contributed by atoms with E-state index in [9.17, 15) is 13.2 Å². The van der Waals surface area contributed by atoms with Crippen LogP contribution in [0.2, 0.25) is 25.7 Å². The van der Waals surface area contributed by atoms with Crippen molar-refractivity contribution in [3.8, 4) is 0 Å². The second kappa shape index (κ2) is 5.27. The molecule has 0 saturated carbocycles. The second-order valence-corrected chi connectivity index (χ2v) is 13.7. The van der Waals surface area contributed by atoms with E-state index in [-0.39, 0.29) is 11.3 Å². The fraction of sp³-hybridized carbons (Fsp3) is 0.385. The van der Waals surface area contributed by atoms with Crippen molar-refractivity contribution in [3.63, 3.8) is 0 Å². The highest BCUT2D eigenvalue weighted by Gasteiger charge is 2.22. The first-order chi connectivity index (χ1) is 9.60. The predicted octanol–water partition coefficient (Wildman–Crippen LogP) is 2.25. The fourth-order valence-electron chi connectivity index (χ4n) is 1.89. The number of carbonyl (C=O) groups is 1. The van der Waals surface area contributed by atoms with Gasteiger partial charge >= 0.3 is 5.97 Å². The Morgan fingerprint density at radius 2 is 2.00 bits per heavy atom. The molecule has 0 spiro atoms. The Labute approximate surface area is 124 Å². The average molecular weight is 326 g/mol. The highest BCUT2D eigenvalue weighted by atomic mass is 32.2. The van der Waals surface area contributed by atoms with Crippen LogP contribution in [0.4, 0.5) is 0 Å². The summed E-state index contributed by atoms with van der Waals surface area (Å²) >= 11 is 0. The summed E-state index contributed by atoms with van der Waals surface area (Å²) in [5, 5.41) is 13.4. The van der Waals surface area contributed by atoms with Gasteiger partial charge in [-0.05, 0) is 24.2 Å². The van der Waals surface area contributed by atoms with Crippen LogP contribution in [0.5, 0.6) is 0 Å². The molecule has 21 heavy (non-hydrogen) atoms. The molecule has 0 bridgehead atoms. The van der Waals surface area contributed by atoms with E-state index < -0.39 is 24.1 Å². The average Bonchev–Trinajstić information content (AvgIpc) is 2.79. The molecule has 0 amide bonds. The minimum absolute atomic E-state index is 0.0557. The third-order valence-electron chi connectivity index (χ3n) is 3.16. The summed E-state index contributed by atoms with van der Waals surface area (Å²) in [6.45, 7) is 6.34. The molecule has 114 valence electrons. The van der Waals surface area contributed by atoms with Gasteiger partial charge < -0.3 is 5.11 Å². The number of fused-ring (bicyclic) bond motifs is 1. The van der Waals surface area contributed by atoms with Gasteiger partial charge in [-0.25, -0.2) is 13.2 Å². The predicted molar refractivity (Wildman–Crippen MR) is 84.0 cm³/mol. The van der Waals surface area contributed by atoms with Crippen LogP contribution < -0.4 is 0 Å². The highest BCUT2D eigenvalue weighted by Crippen LogP contribution is 2.19. The molecule has 0 fully saturated rings. The summed E-state index contributed by atoms with van der Waals surface area (Å²) in [5.74, 6) is -0.994. The standard InChI is InChI=1S/C13H18N2O4SSi/c1-21(2,3)7-6-20(18,19)15-12-5-4-10(13(16)17)8-11(12)9-14-15/h4-5,8-9H,6-7H2,1-3H3,(H,16,17). The van der Waals surface area contributed by atoms with E-state index in [2.05, 4.69) is 24.7 Å². The molecule has 0 aliphatic carbocycles. The lowest BCUT2D eigenvalue weighted by atomic mass is 10.2. The van der Waals surface area contributed by atoms with Crippen LogP contribution in [-0.2, 0) is 10.0 Å². The van der Waals surface area contributed by atoms with Gasteiger partial charge in [0.2, 0.25) is 0 Å². The van der Waals surface area contributed by atoms with Gasteiger partial charge in [-0.3, -0.25) is 0 Å². The molecule has 2 aromatic rings. The summed E-state index contributed by atoms with van der Waals surface area (Å²) in [7, 11) is -4.99. The van der Waals surface area contributed by atoms with Crippen LogP contribution in [0.25, 0.3) is 10.9 Å². The SMILES string of the molecule is C[Si](C)(C)CCS(=O)(=O)n1ncc2cc(C(=O)O)ccc21. The largest absolute Gasteiger partial charge is 0.478 e. The Bertz CT molecular complexity index is 790. The molecule has 1 N–H and O–H groups in total. The molecule has 0 aliphatic heterocycles. The van der Waals surface area contributed by atoms with Gasteiger partial charge in [-0.1, -0.05) is 19.6 Å². The van der Waals surface area contributed by atoms with E-state index >= 15 is 0 Å². The number of nitrogens with zero attached hydrogens (tertiary/aromatic N) is 2. The molecular formula is C13H18N2O4SSi. The Kier molecular flexibility index (Phi) is 3.94. The maximum atomic E-state index is 12.4. The van der Waals surface area contributed by atoms with Crippen LogP contribution in [-0.4, -0.2) is 42.5 Å². The lowest BCUT2D eigenvalue weighted by Crippen LogP contribution is -2.27. The molecule has 2 rings (SSSR count). The van der Waals surface area contributed by atoms with Crippen molar-refractivity contribution in [1.29, 1.82) is 0 Å². The number of aromatic carboxylic acids is 1. The van der Waals surface area contributed by atoms with Gasteiger partial charge in [0, 0.05) is 13.5 Å². The molecule has 1 aromatic heterocycles. The van der Waals surface area contributed by atoms with Gasteiger partial charge in [-0.15, -0.1) is 0 Å². The van der Waals surface area contributed by atoms with Crippen LogP contribution in [0.3, 0.4) is 0 Å². The number of carboxylic acid groups (broad SMARTS) is 1. The number of hydrogen-bond donors (Lipinski definition) is 1. The van der Waals surface area contributed by atoms with Gasteiger partial charge in [0.25, 0.3) is 10.0 Å². The lowest BCUT2D eigenvalue weighted by molar-refractivity contribution is 0.0697. The monoisotopic (exact) mass is 326 g/mol. The van der Waals surface area contributed by atoms with Crippen molar-refractivity contribution in [3.05, 3.63) is 30.0 Å². The molecule has 8 heteroatoms. The van der Waals surface area contributed by atoms with Gasteiger partial charge in [0.15, 0.2) is 0 Å². The van der Waals surface area contributed by atoms with E-state index in [1.807, 2.05) is 0 Å². The van der Waals surface area contributed by atoms with Crippen molar-refractivity contribution < 1.29 is 18.3 Å². The molecule has 0 saturated heterocycles. The molecular weight excluding hydrogens is 308 g/mol. The number of hydrogen-bond acceptors (Lipinski definition) is 4. The lowest BCUT2D eigenvalue weighted by Gasteiger charge is -2.15. The minimum atomic E-state index is -3.52. The van der Waals surface area contributed by atoms with Crippen molar-refractivity contribution in [2.45, 2.75) is 25.7 Å². The zero-order valence-corrected chi connectivity index (χ0v) is 14.0. The number of benzene rings is 1. The maximum absolute atomic E-state index is 12.4. The normalized spacial score (nSPS) is 12.7. The first kappa shape index (κ1) is 15.7. The first-order valence-electron chi connectivity index (χ1n) is 6.54. The summed E-state index contributed by atoms with van der Waals surface area (Å²) in [4.78, 5) is 10.9. The maximum Gasteiger partial charge on any atom is 0.335 e. The Morgan fingerprint density at radius 1 is 1.33 bits per heavy atom. The van der Waals surface area contributed by atoms with Crippen LogP contribution in [0, 0.1) is 0 Å². The van der Waals surface area contributed by atoms with Crippen LogP contribution in [0.15, 0.2) is 24.4 Å². The van der Waals surface area contributed by atoms with E-state index in [4.69, 9.17) is 5.11 Å². The minimum Gasteiger partial charge on any atom is -0.478 e. The van der Waals surface area contributed by atoms with Gasteiger partial charge in [-0.2, -0.15) is 9.19 Å². The zero-order valence-electron chi connectivity index (χ0n) is 12.2. The molecule has 0 radical (unpaired) electrons. The quantitative estimate of drug-likeness (QED) is 0.851. The number of rotatable bonds is 5. The Hall–Kier alpha value is -1.67. The van der Waals surface area contributed by atoms with Gasteiger partial charge in [0.1, 0.15) is 0 Å². The van der Waals surface area contributed by atoms with Crippen molar-refractivity contribution >= 4 is 35.0 Å². The van der Waals surface area contributed by atoms with E-state index in [0.717, 1.165) is 4.09 Å². The van der Waals surface area contributed by atoms with Crippen molar-refractivity contribution in [2.75, 3.05) is 5.75 Å². The van der Waals surface area contributed by atoms with Crippen molar-refractivity contribution in [1.82, 2.24) is 9.19 Å². The van der Waals surface area contributed by atoms with Gasteiger partial charge in [0.05, 0.1) is 23.0 Å². The summed E-state index contributed by atoms with van der Waals surface area (Å²) < 4.78 is 25.8. The summed E-state index contributed by atoms with van der Waals surface area (Å²) in [6.07, 6.45) is 1.38. The third-order valence-corrected chi connectivity index (χ3v) is 6.81. The van der Waals surface area contributed by atoms with Crippen LogP contribution >= 0.6 is 0 Å². The zero-order chi connectivity index (χ0) is 15.8. The Morgan fingerprint density at radius 3 is 2.57 bits per heavy atom. The molecule has 6 nitrogen and oxygen atoms in total. The smallest absolute Gasteiger partial charge is 0.335 e. The summed E-state index contributed by atoms with van der Waals surface area (Å²) in [6, 6.07) is 4.95. The number of aromatic nitrogens is 2. The highest BCUT2D eigenvalue weighted by molar-refractivity contribution is 7.90. The first-order valence-corrected chi connectivity index (χ1v) is 11.9. The van der Waals surface area contributed by atoms with E-state index in [0.29, 0.717) is 16.9 Å². The van der Waals surface area contributed by atoms with Crippen molar-refractivity contribution in [2.24, 2.45) is 0 Å². The number of carboxylic acids is 1. The fourth-order valence-corrected chi connectivity index (χ4v) is 6.20. The molecule has 0 unspecified atom stereocenters. The topological polar surface area (TPSA) is 89.3 Å². The molecule has 0 aliphatic rings. The van der Waals surface area contributed by atoms with E-state index in [1.54, 1.807) is 0 Å². The van der Waals surface area contributed by atoms with E-state index in [1.165, 1.54) is 24.4 Å².